The van der Waals surface area contributed by atoms with Gasteiger partial charge in [-0.3, -0.25) is 19.7 Å². The highest BCUT2D eigenvalue weighted by atomic mass is 32.2. The van der Waals surface area contributed by atoms with Gasteiger partial charge in [0.05, 0.1) is 16.2 Å². The van der Waals surface area contributed by atoms with Gasteiger partial charge in [0.2, 0.25) is 11.8 Å². The minimum Gasteiger partial charge on any atom is -0.478 e. The number of hydrogen-bond acceptors (Lipinski definition) is 8. The van der Waals surface area contributed by atoms with Crippen molar-refractivity contribution in [3.63, 3.8) is 0 Å². The Morgan fingerprint density at radius 2 is 1.78 bits per heavy atom. The zero-order valence-electron chi connectivity index (χ0n) is 16.6. The van der Waals surface area contributed by atoms with Gasteiger partial charge in [-0.2, -0.15) is 5.10 Å². The number of carboxylic acids is 1. The number of carbonyl (C=O) groups excluding carboxylic acids is 2. The van der Waals surface area contributed by atoms with Gasteiger partial charge in [0, 0.05) is 24.2 Å². The highest BCUT2D eigenvalue weighted by Gasteiger charge is 2.32. The van der Waals surface area contributed by atoms with E-state index in [1.54, 1.807) is 19.1 Å². The lowest BCUT2D eigenvalue weighted by atomic mass is 10.1. The molecule has 11 nitrogen and oxygen atoms in total. The third kappa shape index (κ3) is 5.76. The first-order chi connectivity index (χ1) is 15.2. The first kappa shape index (κ1) is 22.6. The fourth-order valence-electron chi connectivity index (χ4n) is 2.67. The Balaban J connectivity index is 1.58. The number of anilines is 1. The van der Waals surface area contributed by atoms with Crippen molar-refractivity contribution in [2.24, 2.45) is 10.2 Å². The first-order valence-corrected chi connectivity index (χ1v) is 10.1. The molecule has 2 aromatic rings. The van der Waals surface area contributed by atoms with Crippen molar-refractivity contribution < 1.29 is 24.4 Å². The second kappa shape index (κ2) is 9.83. The maximum atomic E-state index is 12.2. The van der Waals surface area contributed by atoms with Crippen molar-refractivity contribution in [3.05, 3.63) is 69.8 Å². The average Bonchev–Trinajstić information content (AvgIpc) is 3.11. The summed E-state index contributed by atoms with van der Waals surface area (Å²) in [6.45, 7) is 1.67. The largest absolute Gasteiger partial charge is 0.478 e. The summed E-state index contributed by atoms with van der Waals surface area (Å²) in [6.07, 6.45) is -0.110. The van der Waals surface area contributed by atoms with E-state index in [1.807, 2.05) is 0 Å². The molecule has 2 amide bonds. The molecule has 1 atom stereocenters. The highest BCUT2D eigenvalue weighted by Crippen LogP contribution is 2.23. The third-order valence-electron chi connectivity index (χ3n) is 4.35. The number of benzene rings is 2. The number of nitrogens with one attached hydrogen (secondary N) is 2. The maximum Gasteiger partial charge on any atom is 0.335 e. The van der Waals surface area contributed by atoms with Crippen LogP contribution in [-0.2, 0) is 9.59 Å². The molecule has 0 saturated carbocycles. The molecule has 3 rings (SSSR count). The van der Waals surface area contributed by atoms with Crippen LogP contribution < -0.4 is 10.6 Å². The van der Waals surface area contributed by atoms with E-state index in [-0.39, 0.29) is 28.7 Å². The second-order valence-electron chi connectivity index (χ2n) is 6.63. The topological polar surface area (TPSA) is 163 Å². The van der Waals surface area contributed by atoms with E-state index in [2.05, 4.69) is 20.8 Å². The molecule has 0 bridgehead atoms. The molecule has 0 aliphatic carbocycles. The lowest BCUT2D eigenvalue weighted by Gasteiger charge is -2.07. The molecule has 32 heavy (non-hydrogen) atoms. The summed E-state index contributed by atoms with van der Waals surface area (Å²) in [5.74, 6) is -1.86. The molecule has 0 radical (unpaired) electrons. The number of rotatable bonds is 7. The van der Waals surface area contributed by atoms with E-state index in [9.17, 15) is 24.5 Å². The van der Waals surface area contributed by atoms with E-state index in [1.165, 1.54) is 36.4 Å². The van der Waals surface area contributed by atoms with Crippen LogP contribution in [0.25, 0.3) is 0 Å². The quantitative estimate of drug-likeness (QED) is 0.328. The van der Waals surface area contributed by atoms with E-state index in [0.29, 0.717) is 17.0 Å². The van der Waals surface area contributed by atoms with Crippen molar-refractivity contribution in [3.8, 4) is 0 Å². The summed E-state index contributed by atoms with van der Waals surface area (Å²) in [5, 5.41) is 32.4. The number of nitro groups is 1. The highest BCUT2D eigenvalue weighted by molar-refractivity contribution is 8.15. The molecule has 164 valence electrons. The van der Waals surface area contributed by atoms with Gasteiger partial charge < -0.3 is 15.7 Å². The number of thioether (sulfide) groups is 1. The summed E-state index contributed by atoms with van der Waals surface area (Å²) < 4.78 is 0. The molecule has 1 aliphatic rings. The van der Waals surface area contributed by atoms with E-state index >= 15 is 0 Å². The minimum absolute atomic E-state index is 0.0366. The molecular weight excluding hydrogens is 438 g/mol. The van der Waals surface area contributed by atoms with Gasteiger partial charge in [0.1, 0.15) is 5.25 Å². The van der Waals surface area contributed by atoms with E-state index in [4.69, 9.17) is 5.11 Å². The van der Waals surface area contributed by atoms with E-state index in [0.717, 1.165) is 11.8 Å². The molecule has 12 heteroatoms. The maximum absolute atomic E-state index is 12.2. The zero-order chi connectivity index (χ0) is 23.3. The van der Waals surface area contributed by atoms with E-state index < -0.39 is 22.0 Å². The minimum atomic E-state index is -1.07. The molecule has 3 N–H and O–H groups in total. The van der Waals surface area contributed by atoms with Crippen LogP contribution in [0.1, 0.15) is 29.3 Å². The van der Waals surface area contributed by atoms with Crippen molar-refractivity contribution in [1.82, 2.24) is 5.32 Å². The summed E-state index contributed by atoms with van der Waals surface area (Å²) in [6, 6.07) is 11.5. The number of non-ortho nitro benzene ring substituents is 1. The summed E-state index contributed by atoms with van der Waals surface area (Å²) in [7, 11) is 0. The fourth-order valence-corrected chi connectivity index (χ4v) is 3.58. The molecule has 1 unspecified atom stereocenters. The van der Waals surface area contributed by atoms with Crippen LogP contribution >= 0.6 is 11.8 Å². The van der Waals surface area contributed by atoms with Crippen LogP contribution in [-0.4, -0.2) is 43.9 Å². The molecule has 0 spiro atoms. The SMILES string of the molecule is CC(=N/N=C1\NC(=O)C(CC(=O)Nc2ccc(C(=O)O)cc2)S1)c1ccc([N+](=O)[O-])cc1. The Kier molecular flexibility index (Phi) is 6.95. The van der Waals surface area contributed by atoms with Gasteiger partial charge in [-0.05, 0) is 48.9 Å². The standard InChI is InChI=1S/C20H17N5O6S/c1-11(12-4-8-15(9-5-12)25(30)31)23-24-20-22-18(27)16(32-20)10-17(26)21-14-6-2-13(3-7-14)19(28)29/h2-9,16H,10H2,1H3,(H,21,26)(H,28,29)(H,22,24,27). The number of nitro benzene ring substituents is 1. The molecular formula is C20H17N5O6S. The third-order valence-corrected chi connectivity index (χ3v) is 5.42. The van der Waals surface area contributed by atoms with Crippen LogP contribution in [0.3, 0.4) is 0 Å². The Morgan fingerprint density at radius 3 is 2.38 bits per heavy atom. The number of aromatic carboxylic acids is 1. The molecule has 1 heterocycles. The second-order valence-corrected chi connectivity index (χ2v) is 7.82. The smallest absolute Gasteiger partial charge is 0.335 e. The van der Waals surface area contributed by atoms with Crippen molar-refractivity contribution in [1.29, 1.82) is 0 Å². The number of amidine groups is 1. The van der Waals surface area contributed by atoms with Gasteiger partial charge in [-0.15, -0.1) is 5.10 Å². The van der Waals surface area contributed by atoms with Gasteiger partial charge in [-0.25, -0.2) is 4.79 Å². The number of amides is 2. The van der Waals surface area contributed by atoms with Crippen LogP contribution in [0.15, 0.2) is 58.7 Å². The summed E-state index contributed by atoms with van der Waals surface area (Å²) in [5.41, 5.74) is 1.61. The van der Waals surface area contributed by atoms with Crippen molar-refractivity contribution in [2.45, 2.75) is 18.6 Å². The van der Waals surface area contributed by atoms with Crippen LogP contribution in [0.2, 0.25) is 0 Å². The van der Waals surface area contributed by atoms with Gasteiger partial charge in [-0.1, -0.05) is 11.8 Å². The lowest BCUT2D eigenvalue weighted by Crippen LogP contribution is -2.28. The fraction of sp³-hybridized carbons (Fsp3) is 0.150. The van der Waals surface area contributed by atoms with Gasteiger partial charge in [0.15, 0.2) is 5.17 Å². The average molecular weight is 455 g/mol. The summed E-state index contributed by atoms with van der Waals surface area (Å²) in [4.78, 5) is 45.5. The van der Waals surface area contributed by atoms with Crippen LogP contribution in [0.4, 0.5) is 11.4 Å². The molecule has 1 saturated heterocycles. The van der Waals surface area contributed by atoms with Crippen LogP contribution in [0.5, 0.6) is 0 Å². The van der Waals surface area contributed by atoms with Gasteiger partial charge >= 0.3 is 5.97 Å². The predicted molar refractivity (Wildman–Crippen MR) is 119 cm³/mol. The lowest BCUT2D eigenvalue weighted by molar-refractivity contribution is -0.384. The monoisotopic (exact) mass is 455 g/mol. The van der Waals surface area contributed by atoms with Crippen molar-refractivity contribution >= 4 is 51.8 Å². The number of carbonyl (C=O) groups is 3. The van der Waals surface area contributed by atoms with Crippen LogP contribution in [0, 0.1) is 10.1 Å². The Hall–Kier alpha value is -4.06. The molecule has 1 aliphatic heterocycles. The zero-order valence-corrected chi connectivity index (χ0v) is 17.5. The number of nitrogens with zero attached hydrogens (tertiary/aromatic N) is 3. The normalized spacial score (nSPS) is 17.2. The Morgan fingerprint density at radius 1 is 1.16 bits per heavy atom. The summed E-state index contributed by atoms with van der Waals surface area (Å²) >= 11 is 1.06. The number of hydrogen-bond donors (Lipinski definition) is 3. The Labute approximate surface area is 185 Å². The van der Waals surface area contributed by atoms with Gasteiger partial charge in [0.25, 0.3) is 5.69 Å². The predicted octanol–water partition coefficient (Wildman–Crippen LogP) is 2.63. The number of carboxylic acid groups (broad SMARTS) is 1. The first-order valence-electron chi connectivity index (χ1n) is 9.20. The molecule has 2 aromatic carbocycles. The Bertz CT molecular complexity index is 1130. The van der Waals surface area contributed by atoms with Crippen molar-refractivity contribution in [2.75, 3.05) is 5.32 Å². The molecule has 0 aromatic heterocycles. The molecule has 1 fully saturated rings.